The van der Waals surface area contributed by atoms with Crippen molar-refractivity contribution in [1.29, 1.82) is 0 Å². The van der Waals surface area contributed by atoms with Gasteiger partial charge < -0.3 is 4.57 Å². The molecule has 0 aliphatic carbocycles. The lowest BCUT2D eigenvalue weighted by Gasteiger charge is -2.24. The summed E-state index contributed by atoms with van der Waals surface area (Å²) in [5.41, 5.74) is 4.21. The number of piperidine rings is 1. The molecule has 17 heavy (non-hydrogen) atoms. The fourth-order valence-electron chi connectivity index (χ4n) is 1.66. The summed E-state index contributed by atoms with van der Waals surface area (Å²) >= 11 is 0. The van der Waals surface area contributed by atoms with E-state index < -0.39 is 0 Å². The van der Waals surface area contributed by atoms with Crippen molar-refractivity contribution >= 4 is 0 Å². The van der Waals surface area contributed by atoms with Crippen molar-refractivity contribution in [3.8, 4) is 0 Å². The maximum absolute atomic E-state index is 3.98. The smallest absolute Gasteiger partial charge is 0.0946 e. The third kappa shape index (κ3) is 7.94. The Kier molecular flexibility index (Phi) is 9.77. The van der Waals surface area contributed by atoms with Crippen LogP contribution in [0.5, 0.6) is 0 Å². The lowest BCUT2D eigenvalue weighted by atomic mass is 10.2. The van der Waals surface area contributed by atoms with Gasteiger partial charge in [-0.05, 0) is 26.8 Å². The summed E-state index contributed by atoms with van der Waals surface area (Å²) < 4.78 is 1.93. The summed E-state index contributed by atoms with van der Waals surface area (Å²) in [6, 6.07) is 0. The number of nitrogens with zero attached hydrogens (tertiary/aromatic N) is 3. The van der Waals surface area contributed by atoms with Crippen molar-refractivity contribution < 1.29 is 0 Å². The summed E-state index contributed by atoms with van der Waals surface area (Å²) in [4.78, 5) is 3.98. The van der Waals surface area contributed by atoms with Crippen LogP contribution in [0.25, 0.3) is 0 Å². The number of hydrazine groups is 1. The molecule has 2 rings (SSSR count). The van der Waals surface area contributed by atoms with Crippen molar-refractivity contribution in [3.05, 3.63) is 18.2 Å². The Bertz CT molecular complexity index is 248. The van der Waals surface area contributed by atoms with Gasteiger partial charge in [0.2, 0.25) is 0 Å². The van der Waals surface area contributed by atoms with Gasteiger partial charge in [0, 0.05) is 26.3 Å². The molecule has 1 fully saturated rings. The minimum absolute atomic E-state index is 1.07. The molecule has 4 heteroatoms. The van der Waals surface area contributed by atoms with Gasteiger partial charge in [-0.1, -0.05) is 20.3 Å². The summed E-state index contributed by atoms with van der Waals surface area (Å²) in [7, 11) is 3.95. The topological polar surface area (TPSA) is 33.1 Å². The summed E-state index contributed by atoms with van der Waals surface area (Å²) in [5, 5.41) is 2.27. The molecule has 100 valence electrons. The second-order valence-electron chi connectivity index (χ2n) is 3.95. The average molecular weight is 240 g/mol. The van der Waals surface area contributed by atoms with E-state index in [4.69, 9.17) is 0 Å². The molecule has 0 atom stereocenters. The highest BCUT2D eigenvalue weighted by atomic mass is 15.5. The highest BCUT2D eigenvalue weighted by molar-refractivity contribution is 4.90. The molecule has 0 amide bonds. The van der Waals surface area contributed by atoms with E-state index in [9.17, 15) is 0 Å². The van der Waals surface area contributed by atoms with Crippen LogP contribution in [0.1, 0.15) is 38.8 Å². The molecule has 1 saturated heterocycles. The second kappa shape index (κ2) is 10.3. The van der Waals surface area contributed by atoms with E-state index in [1.165, 1.54) is 32.4 Å². The number of imidazole rings is 1. The fourth-order valence-corrected chi connectivity index (χ4v) is 1.66. The van der Waals surface area contributed by atoms with Gasteiger partial charge in [-0.3, -0.25) is 5.43 Å². The molecular weight excluding hydrogens is 212 g/mol. The number of aryl methyl sites for hydroxylation is 2. The number of rotatable bonds is 1. The molecule has 0 radical (unpaired) electrons. The van der Waals surface area contributed by atoms with Crippen LogP contribution >= 0.6 is 0 Å². The Labute approximate surface area is 106 Å². The lowest BCUT2D eigenvalue weighted by molar-refractivity contribution is 0.171. The predicted molar refractivity (Wildman–Crippen MR) is 73.8 cm³/mol. The number of nitrogens with one attached hydrogen (secondary N) is 1. The van der Waals surface area contributed by atoms with Crippen LogP contribution < -0.4 is 5.43 Å². The van der Waals surface area contributed by atoms with Crippen LogP contribution in [-0.4, -0.2) is 34.7 Å². The first-order valence-corrected chi connectivity index (χ1v) is 6.59. The van der Waals surface area contributed by atoms with E-state index in [1.807, 2.05) is 45.6 Å². The minimum atomic E-state index is 1.07. The Hall–Kier alpha value is -0.870. The maximum atomic E-state index is 3.98. The van der Waals surface area contributed by atoms with Crippen LogP contribution in [0.3, 0.4) is 0 Å². The number of aromatic nitrogens is 2. The van der Waals surface area contributed by atoms with Crippen molar-refractivity contribution in [3.63, 3.8) is 0 Å². The molecule has 0 bridgehead atoms. The average Bonchev–Trinajstić information content (AvgIpc) is 2.77. The van der Waals surface area contributed by atoms with Crippen LogP contribution in [0.2, 0.25) is 0 Å². The fraction of sp³-hybridized carbons (Fsp3) is 0.769. The molecular formula is C13H28N4. The quantitative estimate of drug-likeness (QED) is 0.818. The molecule has 0 aromatic carbocycles. The van der Waals surface area contributed by atoms with Gasteiger partial charge in [-0.25, -0.2) is 9.99 Å². The van der Waals surface area contributed by atoms with Crippen molar-refractivity contribution in [2.24, 2.45) is 7.05 Å². The first-order valence-electron chi connectivity index (χ1n) is 6.59. The Morgan fingerprint density at radius 1 is 1.18 bits per heavy atom. The summed E-state index contributed by atoms with van der Waals surface area (Å²) in [6.45, 7) is 8.44. The monoisotopic (exact) mass is 240 g/mol. The predicted octanol–water partition coefficient (Wildman–Crippen LogP) is 2.36. The van der Waals surface area contributed by atoms with Gasteiger partial charge in [-0.2, -0.15) is 0 Å². The Morgan fingerprint density at radius 3 is 2.00 bits per heavy atom. The molecule has 0 saturated carbocycles. The van der Waals surface area contributed by atoms with E-state index >= 15 is 0 Å². The summed E-state index contributed by atoms with van der Waals surface area (Å²) in [5.74, 6) is 0. The molecule has 1 aliphatic heterocycles. The van der Waals surface area contributed by atoms with Crippen molar-refractivity contribution in [2.75, 3.05) is 20.1 Å². The molecule has 1 aromatic heterocycles. The van der Waals surface area contributed by atoms with Gasteiger partial charge in [-0.15, -0.1) is 0 Å². The largest absolute Gasteiger partial charge is 0.340 e. The first kappa shape index (κ1) is 16.1. The van der Waals surface area contributed by atoms with Crippen molar-refractivity contribution in [2.45, 2.75) is 40.0 Å². The highest BCUT2D eigenvalue weighted by Gasteiger charge is 2.05. The molecule has 4 nitrogen and oxygen atoms in total. The standard InChI is InChI=1S/C6H14N2.C5H8N2.C2H6/c1-7-8-5-3-2-4-6-8;1-5-3-7(2)4-6-5;1-2/h7H,2-6H2,1H3;3-4H,1-2H3;1-2H3. The molecule has 0 spiro atoms. The normalized spacial score (nSPS) is 15.4. The van der Waals surface area contributed by atoms with Crippen molar-refractivity contribution in [1.82, 2.24) is 20.0 Å². The first-order chi connectivity index (χ1) is 8.22. The Balaban J connectivity index is 0.000000265. The maximum Gasteiger partial charge on any atom is 0.0946 e. The highest BCUT2D eigenvalue weighted by Crippen LogP contribution is 2.04. The molecule has 1 aromatic rings. The molecule has 1 aliphatic rings. The zero-order valence-electron chi connectivity index (χ0n) is 12.0. The van der Waals surface area contributed by atoms with E-state index in [0.717, 1.165) is 5.69 Å². The molecule has 1 N–H and O–H groups in total. The zero-order valence-corrected chi connectivity index (χ0v) is 12.0. The van der Waals surface area contributed by atoms with E-state index in [0.29, 0.717) is 0 Å². The van der Waals surface area contributed by atoms with E-state index in [2.05, 4.69) is 15.4 Å². The zero-order chi connectivity index (χ0) is 13.1. The van der Waals surface area contributed by atoms with Crippen LogP contribution in [0, 0.1) is 6.92 Å². The van der Waals surface area contributed by atoms with Crippen LogP contribution in [0.15, 0.2) is 12.5 Å². The van der Waals surface area contributed by atoms with Gasteiger partial charge in [0.1, 0.15) is 0 Å². The molecule has 0 unspecified atom stereocenters. The summed E-state index contributed by atoms with van der Waals surface area (Å²) in [6.07, 6.45) is 7.90. The number of hydrogen-bond donors (Lipinski definition) is 1. The lowest BCUT2D eigenvalue weighted by Crippen LogP contribution is -2.38. The Morgan fingerprint density at radius 2 is 1.76 bits per heavy atom. The third-order valence-corrected chi connectivity index (χ3v) is 2.51. The second-order valence-corrected chi connectivity index (χ2v) is 3.95. The number of hydrogen-bond acceptors (Lipinski definition) is 3. The van der Waals surface area contributed by atoms with Gasteiger partial charge in [0.15, 0.2) is 0 Å². The van der Waals surface area contributed by atoms with E-state index in [1.54, 1.807) is 6.33 Å². The van der Waals surface area contributed by atoms with E-state index in [-0.39, 0.29) is 0 Å². The SMILES string of the molecule is CC.CNN1CCCCC1.Cc1cn(C)cn1. The van der Waals surface area contributed by atoms with Crippen LogP contribution in [0.4, 0.5) is 0 Å². The van der Waals surface area contributed by atoms with Crippen LogP contribution in [-0.2, 0) is 7.05 Å². The minimum Gasteiger partial charge on any atom is -0.340 e. The molecule has 2 heterocycles. The van der Waals surface area contributed by atoms with Gasteiger partial charge >= 0.3 is 0 Å². The third-order valence-electron chi connectivity index (χ3n) is 2.51. The van der Waals surface area contributed by atoms with Gasteiger partial charge in [0.05, 0.1) is 12.0 Å². The van der Waals surface area contributed by atoms with Gasteiger partial charge in [0.25, 0.3) is 0 Å².